The maximum atomic E-state index is 12.9. The summed E-state index contributed by atoms with van der Waals surface area (Å²) < 4.78 is 28.5. The van der Waals surface area contributed by atoms with E-state index in [4.69, 9.17) is 0 Å². The first kappa shape index (κ1) is 19.5. The molecule has 29 heavy (non-hydrogen) atoms. The van der Waals surface area contributed by atoms with Crippen molar-refractivity contribution in [2.75, 3.05) is 10.0 Å². The van der Waals surface area contributed by atoms with Gasteiger partial charge in [0.05, 0.1) is 16.6 Å². The Morgan fingerprint density at radius 3 is 2.41 bits per heavy atom. The Kier molecular flexibility index (Phi) is 4.87. The van der Waals surface area contributed by atoms with Gasteiger partial charge in [-0.05, 0) is 54.2 Å². The van der Waals surface area contributed by atoms with E-state index in [1.54, 1.807) is 30.3 Å². The minimum atomic E-state index is -3.65. The zero-order valence-electron chi connectivity index (χ0n) is 16.9. The maximum Gasteiger partial charge on any atom is 0.261 e. The molecular formula is C24H26N2O2S. The van der Waals surface area contributed by atoms with E-state index in [-0.39, 0.29) is 16.4 Å². The molecule has 150 valence electrons. The second kappa shape index (κ2) is 7.23. The van der Waals surface area contributed by atoms with Gasteiger partial charge in [-0.25, -0.2) is 8.42 Å². The quantitative estimate of drug-likeness (QED) is 0.590. The van der Waals surface area contributed by atoms with Gasteiger partial charge in [-0.2, -0.15) is 0 Å². The number of fused-ring (bicyclic) bond motifs is 1. The number of hydrogen-bond donors (Lipinski definition) is 2. The van der Waals surface area contributed by atoms with Crippen molar-refractivity contribution in [2.24, 2.45) is 0 Å². The first-order chi connectivity index (χ1) is 13.8. The van der Waals surface area contributed by atoms with Crippen LogP contribution >= 0.6 is 0 Å². The van der Waals surface area contributed by atoms with Crippen LogP contribution in [0.25, 0.3) is 0 Å². The fourth-order valence-electron chi connectivity index (χ4n) is 4.09. The van der Waals surface area contributed by atoms with Gasteiger partial charge >= 0.3 is 0 Å². The first-order valence-corrected chi connectivity index (χ1v) is 11.3. The lowest BCUT2D eigenvalue weighted by molar-refractivity contribution is 0.427. The largest absolute Gasteiger partial charge is 0.378 e. The molecule has 4 rings (SSSR count). The van der Waals surface area contributed by atoms with Crippen LogP contribution in [0.15, 0.2) is 77.7 Å². The summed E-state index contributed by atoms with van der Waals surface area (Å²) in [5.74, 6) is 0. The van der Waals surface area contributed by atoms with E-state index < -0.39 is 10.0 Å². The number of aryl methyl sites for hydroxylation is 1. The Balaban J connectivity index is 1.70. The molecule has 1 aliphatic rings. The van der Waals surface area contributed by atoms with Crippen LogP contribution in [0.2, 0.25) is 0 Å². The van der Waals surface area contributed by atoms with Gasteiger partial charge in [0.2, 0.25) is 0 Å². The van der Waals surface area contributed by atoms with Crippen LogP contribution in [0, 0.1) is 6.92 Å². The summed E-state index contributed by atoms with van der Waals surface area (Å²) in [4.78, 5) is 0.257. The van der Waals surface area contributed by atoms with Gasteiger partial charge < -0.3 is 5.32 Å². The monoisotopic (exact) mass is 406 g/mol. The summed E-state index contributed by atoms with van der Waals surface area (Å²) in [6, 6.07) is 22.6. The minimum absolute atomic E-state index is 0.00915. The third-order valence-corrected chi connectivity index (χ3v) is 6.96. The van der Waals surface area contributed by atoms with E-state index in [1.807, 2.05) is 24.3 Å². The molecule has 0 aliphatic carbocycles. The average Bonchev–Trinajstić information content (AvgIpc) is 2.69. The number of nitrogens with one attached hydrogen (secondary N) is 2. The van der Waals surface area contributed by atoms with Gasteiger partial charge in [0.15, 0.2) is 0 Å². The Morgan fingerprint density at radius 1 is 0.966 bits per heavy atom. The molecule has 0 amide bonds. The van der Waals surface area contributed by atoms with E-state index in [0.29, 0.717) is 5.69 Å². The Bertz CT molecular complexity index is 1140. The summed E-state index contributed by atoms with van der Waals surface area (Å²) in [6.07, 6.45) is 0.869. The second-order valence-corrected chi connectivity index (χ2v) is 10.0. The number of anilines is 2. The average molecular weight is 407 g/mol. The first-order valence-electron chi connectivity index (χ1n) is 9.81. The highest BCUT2D eigenvalue weighted by atomic mass is 32.2. The van der Waals surface area contributed by atoms with Crippen LogP contribution in [0.3, 0.4) is 0 Å². The van der Waals surface area contributed by atoms with Crippen LogP contribution in [0.1, 0.15) is 43.0 Å². The molecule has 3 aromatic carbocycles. The molecule has 5 heteroatoms. The molecule has 0 saturated carbocycles. The molecule has 0 saturated heterocycles. The molecule has 3 aromatic rings. The molecule has 0 bridgehead atoms. The molecule has 4 nitrogen and oxygen atoms in total. The van der Waals surface area contributed by atoms with E-state index in [2.05, 4.69) is 49.0 Å². The van der Waals surface area contributed by atoms with Crippen LogP contribution in [-0.2, 0) is 15.4 Å². The molecule has 1 heterocycles. The summed E-state index contributed by atoms with van der Waals surface area (Å²) in [7, 11) is -3.65. The molecule has 0 radical (unpaired) electrons. The van der Waals surface area contributed by atoms with Crippen LogP contribution < -0.4 is 10.0 Å². The van der Waals surface area contributed by atoms with Crippen molar-refractivity contribution in [2.45, 2.75) is 43.5 Å². The molecule has 1 unspecified atom stereocenters. The van der Waals surface area contributed by atoms with Crippen LogP contribution in [-0.4, -0.2) is 8.42 Å². The summed E-state index contributed by atoms with van der Waals surface area (Å²) in [5, 5.41) is 3.63. The van der Waals surface area contributed by atoms with Crippen molar-refractivity contribution in [3.05, 3.63) is 89.5 Å². The maximum absolute atomic E-state index is 12.9. The second-order valence-electron chi connectivity index (χ2n) is 8.34. The van der Waals surface area contributed by atoms with Crippen molar-refractivity contribution >= 4 is 21.4 Å². The zero-order valence-corrected chi connectivity index (χ0v) is 17.8. The van der Waals surface area contributed by atoms with Gasteiger partial charge in [0, 0.05) is 5.69 Å². The highest BCUT2D eigenvalue weighted by molar-refractivity contribution is 7.92. The van der Waals surface area contributed by atoms with Gasteiger partial charge in [-0.1, -0.05) is 67.9 Å². The van der Waals surface area contributed by atoms with Crippen molar-refractivity contribution in [1.82, 2.24) is 0 Å². The minimum Gasteiger partial charge on any atom is -0.378 e. The fourth-order valence-corrected chi connectivity index (χ4v) is 5.20. The third kappa shape index (κ3) is 3.87. The topological polar surface area (TPSA) is 58.2 Å². The normalized spacial score (nSPS) is 17.8. The summed E-state index contributed by atoms with van der Waals surface area (Å²) >= 11 is 0. The zero-order chi connectivity index (χ0) is 20.6. The number of benzene rings is 3. The lowest BCUT2D eigenvalue weighted by Gasteiger charge is -2.39. The van der Waals surface area contributed by atoms with Gasteiger partial charge in [0.25, 0.3) is 10.0 Å². The predicted octanol–water partition coefficient (Wildman–Crippen LogP) is 5.63. The Labute approximate surface area is 173 Å². The number of para-hydroxylation sites is 1. The molecule has 1 atom stereocenters. The Morgan fingerprint density at radius 2 is 1.66 bits per heavy atom. The lowest BCUT2D eigenvalue weighted by Crippen LogP contribution is -2.31. The highest BCUT2D eigenvalue weighted by Gasteiger charge is 2.34. The number of hydrogen-bond acceptors (Lipinski definition) is 3. The van der Waals surface area contributed by atoms with Crippen molar-refractivity contribution in [3.8, 4) is 0 Å². The van der Waals surface area contributed by atoms with E-state index in [1.165, 1.54) is 11.1 Å². The molecule has 1 aliphatic heterocycles. The summed E-state index contributed by atoms with van der Waals surface area (Å²) in [6.45, 7) is 6.60. The number of sulfonamides is 1. The van der Waals surface area contributed by atoms with Crippen LogP contribution in [0.4, 0.5) is 11.4 Å². The highest BCUT2D eigenvalue weighted by Crippen LogP contribution is 2.45. The number of rotatable bonds is 4. The van der Waals surface area contributed by atoms with E-state index in [9.17, 15) is 8.42 Å². The third-order valence-electron chi connectivity index (χ3n) is 5.58. The van der Waals surface area contributed by atoms with E-state index >= 15 is 0 Å². The molecule has 2 N–H and O–H groups in total. The lowest BCUT2D eigenvalue weighted by atomic mass is 9.73. The molecule has 0 fully saturated rings. The van der Waals surface area contributed by atoms with E-state index in [0.717, 1.165) is 17.7 Å². The predicted molar refractivity (Wildman–Crippen MR) is 119 cm³/mol. The molecule has 0 spiro atoms. The standard InChI is InChI=1S/C24H26N2O2S/c1-17-13-14-22-20(15-17)24(2,3)16-23(25-22)19-11-7-8-12-21(19)26-29(27,28)18-9-5-4-6-10-18/h4-15,23,25-26H,16H2,1-3H3. The smallest absolute Gasteiger partial charge is 0.261 e. The molecular weight excluding hydrogens is 380 g/mol. The van der Waals surface area contributed by atoms with Gasteiger partial charge in [-0.15, -0.1) is 0 Å². The van der Waals surface area contributed by atoms with Crippen molar-refractivity contribution in [1.29, 1.82) is 0 Å². The van der Waals surface area contributed by atoms with Gasteiger partial charge in [0.1, 0.15) is 0 Å². The SMILES string of the molecule is Cc1ccc2c(c1)C(C)(C)CC(c1ccccc1NS(=O)(=O)c1ccccc1)N2. The summed E-state index contributed by atoms with van der Waals surface area (Å²) in [5.41, 5.74) is 5.19. The van der Waals surface area contributed by atoms with Crippen molar-refractivity contribution in [3.63, 3.8) is 0 Å². The van der Waals surface area contributed by atoms with Crippen molar-refractivity contribution < 1.29 is 8.42 Å². The Hall–Kier alpha value is -2.79. The fraction of sp³-hybridized carbons (Fsp3) is 0.250. The van der Waals surface area contributed by atoms with Crippen LogP contribution in [0.5, 0.6) is 0 Å². The molecule has 0 aromatic heterocycles. The van der Waals surface area contributed by atoms with Gasteiger partial charge in [-0.3, -0.25) is 4.72 Å².